The van der Waals surface area contributed by atoms with Crippen LogP contribution in [0.2, 0.25) is 0 Å². The van der Waals surface area contributed by atoms with Crippen LogP contribution in [-0.4, -0.2) is 17.1 Å². The summed E-state index contributed by atoms with van der Waals surface area (Å²) in [6.07, 6.45) is 0. The van der Waals surface area contributed by atoms with Crippen molar-refractivity contribution < 1.29 is 4.74 Å². The van der Waals surface area contributed by atoms with E-state index in [4.69, 9.17) is 9.72 Å². The summed E-state index contributed by atoms with van der Waals surface area (Å²) >= 11 is 0. The predicted molar refractivity (Wildman–Crippen MR) is 118 cm³/mol. The number of para-hydroxylation sites is 1. The number of hydrogen-bond acceptors (Lipinski definition) is 5. The van der Waals surface area contributed by atoms with E-state index in [1.54, 1.807) is 7.11 Å². The number of benzene rings is 3. The maximum Gasteiger partial charge on any atom is 0.229 e. The average molecular weight is 382 g/mol. The van der Waals surface area contributed by atoms with Gasteiger partial charge < -0.3 is 15.4 Å². The van der Waals surface area contributed by atoms with E-state index in [0.29, 0.717) is 12.5 Å². The molecule has 0 aliphatic heterocycles. The van der Waals surface area contributed by atoms with E-state index in [1.165, 1.54) is 0 Å². The Kier molecular flexibility index (Phi) is 5.67. The van der Waals surface area contributed by atoms with Crippen molar-refractivity contribution in [2.24, 2.45) is 0 Å². The third kappa shape index (κ3) is 4.90. The maximum absolute atomic E-state index is 5.22. The van der Waals surface area contributed by atoms with Gasteiger partial charge in [0.05, 0.1) is 12.8 Å². The zero-order chi connectivity index (χ0) is 19.9. The minimum Gasteiger partial charge on any atom is -0.497 e. The molecule has 0 spiro atoms. The molecular formula is C24H22N4O. The third-order valence-corrected chi connectivity index (χ3v) is 4.46. The quantitative estimate of drug-likeness (QED) is 0.441. The minimum absolute atomic E-state index is 0.551. The Morgan fingerprint density at radius 3 is 2.17 bits per heavy atom. The lowest BCUT2D eigenvalue weighted by Crippen LogP contribution is -2.05. The summed E-state index contributed by atoms with van der Waals surface area (Å²) in [5.41, 5.74) is 3.98. The molecule has 0 bridgehead atoms. The zero-order valence-corrected chi connectivity index (χ0v) is 16.2. The fraction of sp³-hybridized carbons (Fsp3) is 0.0833. The fourth-order valence-corrected chi connectivity index (χ4v) is 2.94. The highest BCUT2D eigenvalue weighted by atomic mass is 16.5. The van der Waals surface area contributed by atoms with E-state index in [9.17, 15) is 0 Å². The van der Waals surface area contributed by atoms with Crippen molar-refractivity contribution >= 4 is 17.5 Å². The number of hydrogen-bond donors (Lipinski definition) is 2. The van der Waals surface area contributed by atoms with Gasteiger partial charge in [0.2, 0.25) is 5.95 Å². The number of nitrogens with zero attached hydrogens (tertiary/aromatic N) is 2. The molecule has 5 nitrogen and oxygen atoms in total. The first-order valence-corrected chi connectivity index (χ1v) is 9.43. The Labute approximate surface area is 170 Å². The molecule has 0 unspecified atom stereocenters. The molecular weight excluding hydrogens is 360 g/mol. The molecule has 2 N–H and O–H groups in total. The molecule has 0 atom stereocenters. The predicted octanol–water partition coefficient (Wildman–Crippen LogP) is 5.51. The van der Waals surface area contributed by atoms with Crippen molar-refractivity contribution in [2.75, 3.05) is 17.7 Å². The van der Waals surface area contributed by atoms with Crippen molar-refractivity contribution in [1.82, 2.24) is 9.97 Å². The summed E-state index contributed by atoms with van der Waals surface area (Å²) < 4.78 is 5.22. The minimum atomic E-state index is 0.551. The van der Waals surface area contributed by atoms with E-state index in [-0.39, 0.29) is 0 Å². The second-order valence-electron chi connectivity index (χ2n) is 6.52. The third-order valence-electron chi connectivity index (χ3n) is 4.46. The highest BCUT2D eigenvalue weighted by molar-refractivity contribution is 5.66. The molecule has 144 valence electrons. The van der Waals surface area contributed by atoms with Gasteiger partial charge in [0.15, 0.2) is 0 Å². The summed E-state index contributed by atoms with van der Waals surface area (Å²) in [5.74, 6) is 2.15. The summed E-state index contributed by atoms with van der Waals surface area (Å²) in [6.45, 7) is 0.653. The van der Waals surface area contributed by atoms with Crippen LogP contribution in [0, 0.1) is 0 Å². The molecule has 5 heteroatoms. The van der Waals surface area contributed by atoms with Gasteiger partial charge in [0.1, 0.15) is 11.6 Å². The highest BCUT2D eigenvalue weighted by Gasteiger charge is 2.07. The van der Waals surface area contributed by atoms with Crippen molar-refractivity contribution in [3.8, 4) is 17.0 Å². The van der Waals surface area contributed by atoms with Gasteiger partial charge in [-0.05, 0) is 29.8 Å². The van der Waals surface area contributed by atoms with Crippen molar-refractivity contribution in [3.63, 3.8) is 0 Å². The first-order valence-electron chi connectivity index (χ1n) is 9.43. The lowest BCUT2D eigenvalue weighted by Gasteiger charge is -2.12. The SMILES string of the molecule is COc1ccc(CNc2cc(-c3ccccc3)nc(Nc3ccccc3)n2)cc1. The number of methoxy groups -OCH3 is 1. The molecule has 3 aromatic carbocycles. The molecule has 1 heterocycles. The molecule has 0 aliphatic carbocycles. The number of ether oxygens (including phenoxy) is 1. The largest absolute Gasteiger partial charge is 0.497 e. The summed E-state index contributed by atoms with van der Waals surface area (Å²) in [4.78, 5) is 9.34. The van der Waals surface area contributed by atoms with Crippen LogP contribution in [0.5, 0.6) is 5.75 Å². The number of rotatable bonds is 7. The lowest BCUT2D eigenvalue weighted by molar-refractivity contribution is 0.414. The van der Waals surface area contributed by atoms with Crippen LogP contribution in [-0.2, 0) is 6.54 Å². The molecule has 0 aliphatic rings. The van der Waals surface area contributed by atoms with Gasteiger partial charge in [-0.15, -0.1) is 0 Å². The molecule has 0 saturated carbocycles. The second-order valence-corrected chi connectivity index (χ2v) is 6.52. The van der Waals surface area contributed by atoms with E-state index >= 15 is 0 Å². The Hall–Kier alpha value is -3.86. The lowest BCUT2D eigenvalue weighted by atomic mass is 10.1. The molecule has 0 amide bonds. The van der Waals surface area contributed by atoms with Gasteiger partial charge >= 0.3 is 0 Å². The summed E-state index contributed by atoms with van der Waals surface area (Å²) in [7, 11) is 1.67. The Morgan fingerprint density at radius 2 is 1.48 bits per heavy atom. The zero-order valence-electron chi connectivity index (χ0n) is 16.2. The van der Waals surface area contributed by atoms with Gasteiger partial charge in [-0.25, -0.2) is 4.98 Å². The van der Waals surface area contributed by atoms with E-state index in [1.807, 2.05) is 91.0 Å². The van der Waals surface area contributed by atoms with Crippen LogP contribution >= 0.6 is 0 Å². The normalized spacial score (nSPS) is 10.4. The van der Waals surface area contributed by atoms with Crippen LogP contribution in [0.15, 0.2) is 91.0 Å². The van der Waals surface area contributed by atoms with E-state index < -0.39 is 0 Å². The standard InChI is InChI=1S/C24H22N4O/c1-29-21-14-12-18(13-15-21)17-25-23-16-22(19-8-4-2-5-9-19)27-24(28-23)26-20-10-6-3-7-11-20/h2-16H,17H2,1H3,(H2,25,26,27,28). The van der Waals surface area contributed by atoms with Crippen LogP contribution in [0.25, 0.3) is 11.3 Å². The van der Waals surface area contributed by atoms with Crippen molar-refractivity contribution in [2.45, 2.75) is 6.54 Å². The second kappa shape index (κ2) is 8.89. The molecule has 1 aromatic heterocycles. The molecule has 4 rings (SSSR count). The van der Waals surface area contributed by atoms with Gasteiger partial charge in [-0.3, -0.25) is 0 Å². The molecule has 0 fully saturated rings. The Morgan fingerprint density at radius 1 is 0.793 bits per heavy atom. The van der Waals surface area contributed by atoms with E-state index in [2.05, 4.69) is 15.6 Å². The van der Waals surface area contributed by atoms with Gasteiger partial charge in [0.25, 0.3) is 0 Å². The number of nitrogens with one attached hydrogen (secondary N) is 2. The molecule has 0 radical (unpaired) electrons. The molecule has 0 saturated heterocycles. The maximum atomic E-state index is 5.22. The number of aromatic nitrogens is 2. The highest BCUT2D eigenvalue weighted by Crippen LogP contribution is 2.23. The smallest absolute Gasteiger partial charge is 0.229 e. The first-order chi connectivity index (χ1) is 14.3. The van der Waals surface area contributed by atoms with Crippen LogP contribution < -0.4 is 15.4 Å². The van der Waals surface area contributed by atoms with Gasteiger partial charge in [0, 0.05) is 23.9 Å². The fourth-order valence-electron chi connectivity index (χ4n) is 2.94. The Balaban J connectivity index is 1.60. The van der Waals surface area contributed by atoms with Gasteiger partial charge in [-0.2, -0.15) is 4.98 Å². The molecule has 4 aromatic rings. The van der Waals surface area contributed by atoms with Gasteiger partial charge in [-0.1, -0.05) is 60.7 Å². The monoisotopic (exact) mass is 382 g/mol. The molecule has 29 heavy (non-hydrogen) atoms. The average Bonchev–Trinajstić information content (AvgIpc) is 2.79. The number of anilines is 3. The van der Waals surface area contributed by atoms with Crippen LogP contribution in [0.4, 0.5) is 17.5 Å². The van der Waals surface area contributed by atoms with E-state index in [0.717, 1.165) is 34.1 Å². The van der Waals surface area contributed by atoms with Crippen molar-refractivity contribution in [3.05, 3.63) is 96.6 Å². The first kappa shape index (κ1) is 18.5. The summed E-state index contributed by atoms with van der Waals surface area (Å²) in [6, 6.07) is 30.0. The summed E-state index contributed by atoms with van der Waals surface area (Å²) in [5, 5.41) is 6.69. The topological polar surface area (TPSA) is 59.1 Å². The van der Waals surface area contributed by atoms with Crippen molar-refractivity contribution in [1.29, 1.82) is 0 Å². The Bertz CT molecular complexity index is 1050. The van der Waals surface area contributed by atoms with Crippen LogP contribution in [0.3, 0.4) is 0 Å². The van der Waals surface area contributed by atoms with Crippen LogP contribution in [0.1, 0.15) is 5.56 Å².